The van der Waals surface area contributed by atoms with Gasteiger partial charge < -0.3 is 14.7 Å². The number of hydrazone groups is 1. The van der Waals surface area contributed by atoms with E-state index < -0.39 is 18.0 Å². The zero-order valence-corrected chi connectivity index (χ0v) is 15.2. The fourth-order valence-corrected chi connectivity index (χ4v) is 3.61. The quantitative estimate of drug-likeness (QED) is 0.838. The van der Waals surface area contributed by atoms with Crippen LogP contribution in [0.1, 0.15) is 5.01 Å². The number of aliphatic hydroxyl groups excluding tert-OH is 1. The minimum atomic E-state index is -0.585. The van der Waals surface area contributed by atoms with Gasteiger partial charge in [-0.15, -0.1) is 11.3 Å². The molecule has 2 aliphatic rings. The Balaban J connectivity index is 1.45. The van der Waals surface area contributed by atoms with E-state index >= 15 is 0 Å². The zero-order chi connectivity index (χ0) is 18.8. The number of hydrogen-bond acceptors (Lipinski definition) is 8. The fourth-order valence-electron chi connectivity index (χ4n) is 2.99. The summed E-state index contributed by atoms with van der Waals surface area (Å²) in [4.78, 5) is 19.1. The first-order valence-electron chi connectivity index (χ1n) is 8.46. The van der Waals surface area contributed by atoms with E-state index in [-0.39, 0.29) is 13.2 Å². The van der Waals surface area contributed by atoms with Crippen molar-refractivity contribution in [1.82, 2.24) is 9.99 Å². The molecule has 1 aromatic carbocycles. The van der Waals surface area contributed by atoms with E-state index in [0.717, 1.165) is 5.01 Å². The van der Waals surface area contributed by atoms with Gasteiger partial charge in [0.1, 0.15) is 23.3 Å². The molecule has 1 saturated heterocycles. The summed E-state index contributed by atoms with van der Waals surface area (Å²) < 4.78 is 19.6. The first-order valence-corrected chi connectivity index (χ1v) is 9.34. The second kappa shape index (κ2) is 7.49. The molecular formula is C17H18FN5O3S. The summed E-state index contributed by atoms with van der Waals surface area (Å²) in [5.74, 6) is -0.451. The van der Waals surface area contributed by atoms with E-state index in [9.17, 15) is 9.18 Å². The topological polar surface area (TPSA) is 81.5 Å². The van der Waals surface area contributed by atoms with Crippen LogP contribution in [0.4, 0.5) is 20.6 Å². The van der Waals surface area contributed by atoms with Gasteiger partial charge >= 0.3 is 6.09 Å². The van der Waals surface area contributed by atoms with E-state index in [1.165, 1.54) is 11.0 Å². The molecule has 1 amide bonds. The van der Waals surface area contributed by atoms with Crippen molar-refractivity contribution in [3.8, 4) is 0 Å². The van der Waals surface area contributed by atoms with Gasteiger partial charge in [0.25, 0.3) is 0 Å². The highest BCUT2D eigenvalue weighted by molar-refractivity contribution is 7.09. The average molecular weight is 391 g/mol. The lowest BCUT2D eigenvalue weighted by Crippen LogP contribution is -2.38. The molecule has 0 radical (unpaired) electrons. The van der Waals surface area contributed by atoms with Gasteiger partial charge in [-0.2, -0.15) is 5.10 Å². The van der Waals surface area contributed by atoms with Gasteiger partial charge in [-0.25, -0.2) is 14.2 Å². The Kier molecular flexibility index (Phi) is 4.90. The third-order valence-corrected chi connectivity index (χ3v) is 5.15. The van der Waals surface area contributed by atoms with Gasteiger partial charge in [-0.3, -0.25) is 9.91 Å². The first kappa shape index (κ1) is 17.7. The number of ether oxygens (including phenoxy) is 1. The number of amides is 1. The molecule has 2 aliphatic heterocycles. The molecule has 0 aliphatic carbocycles. The van der Waals surface area contributed by atoms with E-state index in [2.05, 4.69) is 10.1 Å². The number of thiazole rings is 1. The molecular weight excluding hydrogens is 373 g/mol. The van der Waals surface area contributed by atoms with E-state index in [4.69, 9.17) is 9.84 Å². The number of halogens is 1. The number of anilines is 2. The van der Waals surface area contributed by atoms with Crippen LogP contribution in [0.25, 0.3) is 0 Å². The van der Waals surface area contributed by atoms with E-state index in [1.54, 1.807) is 40.9 Å². The monoisotopic (exact) mass is 391 g/mol. The third-order valence-electron chi connectivity index (χ3n) is 4.38. The predicted octanol–water partition coefficient (Wildman–Crippen LogP) is 1.87. The van der Waals surface area contributed by atoms with Crippen molar-refractivity contribution in [1.29, 1.82) is 0 Å². The number of cyclic esters (lactones) is 1. The number of nitrogens with zero attached hydrogens (tertiary/aromatic N) is 5. The Hall–Kier alpha value is -2.72. The summed E-state index contributed by atoms with van der Waals surface area (Å²) in [7, 11) is 0. The molecule has 1 N–H and O–H groups in total. The van der Waals surface area contributed by atoms with Gasteiger partial charge in [0.05, 0.1) is 37.6 Å². The Morgan fingerprint density at radius 3 is 2.89 bits per heavy atom. The van der Waals surface area contributed by atoms with Crippen LogP contribution in [0.3, 0.4) is 0 Å². The highest BCUT2D eigenvalue weighted by atomic mass is 32.1. The predicted molar refractivity (Wildman–Crippen MR) is 99.5 cm³/mol. The van der Waals surface area contributed by atoms with E-state index in [0.29, 0.717) is 31.0 Å². The summed E-state index contributed by atoms with van der Waals surface area (Å²) in [6, 6.07) is 4.58. The number of carbonyl (C=O) groups excluding carboxylic acids is 1. The lowest BCUT2D eigenvalue weighted by Gasteiger charge is -2.30. The molecule has 8 nitrogen and oxygen atoms in total. The third kappa shape index (κ3) is 3.71. The minimum absolute atomic E-state index is 0.199. The molecule has 4 rings (SSSR count). The van der Waals surface area contributed by atoms with Crippen molar-refractivity contribution >= 4 is 35.1 Å². The Labute approximate surface area is 159 Å². The summed E-state index contributed by atoms with van der Waals surface area (Å²) in [6.45, 7) is 1.81. The standard InChI is InChI=1S/C17H18FN5O3S/c18-14-7-12(23-8-13(10-24)26-17(23)25)1-2-15(14)21-4-5-22(20-11-21)9-16-19-3-6-27-16/h1-3,6-7,11,13,24H,4-5,8-10H2/t13-/m1/s1. The van der Waals surface area contributed by atoms with Crippen LogP contribution >= 0.6 is 11.3 Å². The van der Waals surface area contributed by atoms with Gasteiger partial charge in [0.2, 0.25) is 0 Å². The summed E-state index contributed by atoms with van der Waals surface area (Å²) in [5, 5.41) is 18.3. The second-order valence-corrected chi connectivity index (χ2v) is 7.15. The molecule has 0 bridgehead atoms. The molecule has 2 aromatic rings. The molecule has 1 atom stereocenters. The van der Waals surface area contributed by atoms with Crippen molar-refractivity contribution in [3.05, 3.63) is 40.6 Å². The Morgan fingerprint density at radius 1 is 1.37 bits per heavy atom. The number of aliphatic hydroxyl groups is 1. The van der Waals surface area contributed by atoms with Crippen LogP contribution in [0, 0.1) is 5.82 Å². The molecule has 3 heterocycles. The Morgan fingerprint density at radius 2 is 2.26 bits per heavy atom. The molecule has 10 heteroatoms. The average Bonchev–Trinajstić information content (AvgIpc) is 3.32. The van der Waals surface area contributed by atoms with Crippen LogP contribution in [-0.4, -0.2) is 59.9 Å². The largest absolute Gasteiger partial charge is 0.441 e. The van der Waals surface area contributed by atoms with Crippen molar-refractivity contribution in [2.75, 3.05) is 36.0 Å². The van der Waals surface area contributed by atoms with Gasteiger partial charge in [-0.1, -0.05) is 0 Å². The highest BCUT2D eigenvalue weighted by Crippen LogP contribution is 2.28. The molecule has 27 heavy (non-hydrogen) atoms. The number of hydrogen-bond donors (Lipinski definition) is 1. The SMILES string of the molecule is O=C1O[C@@H](CO)CN1c1ccc(N2C=NN(Cc3nccs3)CC2)c(F)c1. The molecule has 1 fully saturated rings. The van der Waals surface area contributed by atoms with Crippen LogP contribution in [0.15, 0.2) is 34.9 Å². The van der Waals surface area contributed by atoms with Gasteiger partial charge in [0, 0.05) is 18.1 Å². The molecule has 0 unspecified atom stereocenters. The molecule has 142 valence electrons. The zero-order valence-electron chi connectivity index (χ0n) is 14.4. The maximum atomic E-state index is 14.6. The summed E-state index contributed by atoms with van der Waals surface area (Å²) >= 11 is 1.57. The van der Waals surface area contributed by atoms with Crippen molar-refractivity contribution in [2.45, 2.75) is 12.6 Å². The minimum Gasteiger partial charge on any atom is -0.441 e. The van der Waals surface area contributed by atoms with Crippen LogP contribution < -0.4 is 9.80 Å². The number of carbonyl (C=O) groups is 1. The molecule has 0 spiro atoms. The second-order valence-electron chi connectivity index (χ2n) is 6.17. The fraction of sp³-hybridized carbons (Fsp3) is 0.353. The molecule has 1 aromatic heterocycles. The van der Waals surface area contributed by atoms with Crippen LogP contribution in [0.5, 0.6) is 0 Å². The lowest BCUT2D eigenvalue weighted by molar-refractivity contribution is 0.0963. The molecule has 0 saturated carbocycles. The lowest BCUT2D eigenvalue weighted by atomic mass is 10.2. The number of rotatable bonds is 5. The number of benzene rings is 1. The van der Waals surface area contributed by atoms with Gasteiger partial charge in [0.15, 0.2) is 0 Å². The smallest absolute Gasteiger partial charge is 0.414 e. The van der Waals surface area contributed by atoms with Crippen LogP contribution in [0.2, 0.25) is 0 Å². The van der Waals surface area contributed by atoms with Crippen LogP contribution in [-0.2, 0) is 11.3 Å². The first-order chi connectivity index (χ1) is 13.1. The maximum absolute atomic E-state index is 14.6. The van der Waals surface area contributed by atoms with Crippen molar-refractivity contribution in [3.63, 3.8) is 0 Å². The highest BCUT2D eigenvalue weighted by Gasteiger charge is 2.32. The van der Waals surface area contributed by atoms with E-state index in [1.807, 2.05) is 10.4 Å². The van der Waals surface area contributed by atoms with Crippen molar-refractivity contribution in [2.24, 2.45) is 5.10 Å². The summed E-state index contributed by atoms with van der Waals surface area (Å²) in [5.41, 5.74) is 0.791. The Bertz CT molecular complexity index is 847. The normalized spacial score (nSPS) is 19.7. The summed E-state index contributed by atoms with van der Waals surface area (Å²) in [6.07, 6.45) is 2.19. The van der Waals surface area contributed by atoms with Crippen molar-refractivity contribution < 1.29 is 19.0 Å². The number of aromatic nitrogens is 1. The maximum Gasteiger partial charge on any atom is 0.414 e. The van der Waals surface area contributed by atoms with Gasteiger partial charge in [-0.05, 0) is 18.2 Å².